The fourth-order valence-electron chi connectivity index (χ4n) is 4.14. The minimum absolute atomic E-state index is 0.0861. The number of benzene rings is 2. The lowest BCUT2D eigenvalue weighted by Gasteiger charge is -2.17. The van der Waals surface area contributed by atoms with Crippen LogP contribution < -0.4 is 5.73 Å². The van der Waals surface area contributed by atoms with Gasteiger partial charge in [-0.05, 0) is 60.4 Å². The molecular formula is C26H28N4O2. The molecule has 0 atom stereocenters. The van der Waals surface area contributed by atoms with E-state index in [9.17, 15) is 9.90 Å². The molecule has 0 amide bonds. The van der Waals surface area contributed by atoms with Crippen molar-refractivity contribution >= 4 is 5.97 Å². The largest absolute Gasteiger partial charge is 0.481 e. The predicted octanol–water partition coefficient (Wildman–Crippen LogP) is 4.68. The highest BCUT2D eigenvalue weighted by Gasteiger charge is 2.15. The minimum atomic E-state index is -0.800. The molecule has 0 aliphatic carbocycles. The van der Waals surface area contributed by atoms with E-state index in [4.69, 9.17) is 5.73 Å². The molecule has 0 aliphatic rings. The Morgan fingerprint density at radius 2 is 1.88 bits per heavy atom. The number of imidazole rings is 1. The number of carboxylic acids is 1. The third kappa shape index (κ3) is 4.22. The molecule has 0 radical (unpaired) electrons. The Kier molecular flexibility index (Phi) is 6.23. The zero-order chi connectivity index (χ0) is 22.7. The van der Waals surface area contributed by atoms with Gasteiger partial charge in [0.1, 0.15) is 5.82 Å². The van der Waals surface area contributed by atoms with Crippen molar-refractivity contribution in [2.24, 2.45) is 5.73 Å². The normalized spacial score (nSPS) is 11.1. The van der Waals surface area contributed by atoms with E-state index in [-0.39, 0.29) is 6.42 Å². The first kappa shape index (κ1) is 21.6. The van der Waals surface area contributed by atoms with Crippen molar-refractivity contribution in [2.45, 2.75) is 39.7 Å². The van der Waals surface area contributed by atoms with Crippen LogP contribution in [0.2, 0.25) is 0 Å². The van der Waals surface area contributed by atoms with Gasteiger partial charge in [-0.1, -0.05) is 31.2 Å². The van der Waals surface area contributed by atoms with Crippen LogP contribution in [0, 0.1) is 6.92 Å². The third-order valence-corrected chi connectivity index (χ3v) is 5.77. The lowest BCUT2D eigenvalue weighted by molar-refractivity contribution is -0.136. The molecule has 3 N–H and O–H groups in total. The van der Waals surface area contributed by atoms with Gasteiger partial charge in [0.2, 0.25) is 0 Å². The maximum absolute atomic E-state index is 11.2. The number of nitrogens with two attached hydrogens (primary N) is 1. The molecule has 4 aromatic rings. The maximum Gasteiger partial charge on any atom is 0.303 e. The first-order valence-corrected chi connectivity index (χ1v) is 10.9. The SMILES string of the molecule is CCc1nccn1-c1ccc(-c2ccc(CCC(=O)O)n2-c2ccc(CN)cc2C)cc1. The minimum Gasteiger partial charge on any atom is -0.481 e. The highest BCUT2D eigenvalue weighted by molar-refractivity contribution is 5.69. The van der Waals surface area contributed by atoms with Gasteiger partial charge in [0.15, 0.2) is 0 Å². The summed E-state index contributed by atoms with van der Waals surface area (Å²) in [5, 5.41) is 9.22. The van der Waals surface area contributed by atoms with Crippen LogP contribution in [-0.4, -0.2) is 25.2 Å². The van der Waals surface area contributed by atoms with Gasteiger partial charge >= 0.3 is 5.97 Å². The van der Waals surface area contributed by atoms with Gasteiger partial charge in [-0.25, -0.2) is 4.98 Å². The number of hydrogen-bond donors (Lipinski definition) is 2. The zero-order valence-electron chi connectivity index (χ0n) is 18.5. The van der Waals surface area contributed by atoms with E-state index in [1.807, 2.05) is 24.5 Å². The Labute approximate surface area is 188 Å². The van der Waals surface area contributed by atoms with Gasteiger partial charge in [0.25, 0.3) is 0 Å². The molecule has 4 rings (SSSR count). The molecule has 0 unspecified atom stereocenters. The molecule has 6 heteroatoms. The summed E-state index contributed by atoms with van der Waals surface area (Å²) in [4.78, 5) is 15.6. The van der Waals surface area contributed by atoms with E-state index in [2.05, 4.69) is 70.4 Å². The van der Waals surface area contributed by atoms with Crippen molar-refractivity contribution in [3.63, 3.8) is 0 Å². The van der Waals surface area contributed by atoms with Crippen LogP contribution in [0.15, 0.2) is 67.0 Å². The summed E-state index contributed by atoms with van der Waals surface area (Å²) in [6, 6.07) is 18.7. The monoisotopic (exact) mass is 428 g/mol. The van der Waals surface area contributed by atoms with Gasteiger partial charge in [0, 0.05) is 42.4 Å². The second-order valence-corrected chi connectivity index (χ2v) is 7.88. The van der Waals surface area contributed by atoms with Crippen LogP contribution in [0.1, 0.15) is 36.0 Å². The summed E-state index contributed by atoms with van der Waals surface area (Å²) < 4.78 is 4.26. The molecule has 2 aromatic heterocycles. The molecule has 0 fully saturated rings. The van der Waals surface area contributed by atoms with Crippen molar-refractivity contribution in [1.82, 2.24) is 14.1 Å². The first-order chi connectivity index (χ1) is 15.5. The summed E-state index contributed by atoms with van der Waals surface area (Å²) in [5.74, 6) is 0.221. The van der Waals surface area contributed by atoms with E-state index < -0.39 is 5.97 Å². The van der Waals surface area contributed by atoms with Crippen molar-refractivity contribution in [3.05, 3.63) is 89.6 Å². The Morgan fingerprint density at radius 3 is 2.53 bits per heavy atom. The second-order valence-electron chi connectivity index (χ2n) is 7.88. The predicted molar refractivity (Wildman–Crippen MR) is 126 cm³/mol. The summed E-state index contributed by atoms with van der Waals surface area (Å²) in [5.41, 5.74) is 13.2. The number of hydrogen-bond acceptors (Lipinski definition) is 3. The van der Waals surface area contributed by atoms with E-state index >= 15 is 0 Å². The topological polar surface area (TPSA) is 86.1 Å². The van der Waals surface area contributed by atoms with Crippen molar-refractivity contribution in [2.75, 3.05) is 0 Å². The molecule has 2 heterocycles. The number of rotatable bonds is 8. The van der Waals surface area contributed by atoms with Crippen molar-refractivity contribution in [3.8, 4) is 22.6 Å². The number of aliphatic carboxylic acids is 1. The Bertz CT molecular complexity index is 1240. The number of aryl methyl sites for hydroxylation is 3. The smallest absolute Gasteiger partial charge is 0.303 e. The van der Waals surface area contributed by atoms with Crippen molar-refractivity contribution < 1.29 is 9.90 Å². The van der Waals surface area contributed by atoms with Crippen LogP contribution in [0.4, 0.5) is 0 Å². The zero-order valence-corrected chi connectivity index (χ0v) is 18.5. The van der Waals surface area contributed by atoms with Crippen LogP contribution >= 0.6 is 0 Å². The molecule has 164 valence electrons. The molecule has 0 saturated heterocycles. The average Bonchev–Trinajstić information content (AvgIpc) is 3.44. The molecule has 6 nitrogen and oxygen atoms in total. The standard InChI is InChI=1S/C26H28N4O2/c1-3-25-28-14-15-29(25)21-7-5-20(6-8-21)24-12-9-22(10-13-26(31)32)30(24)23-11-4-19(17-27)16-18(23)2/h4-9,11-12,14-16H,3,10,13,17,27H2,1-2H3,(H,31,32). The van der Waals surface area contributed by atoms with Crippen LogP contribution in [0.5, 0.6) is 0 Å². The fraction of sp³-hybridized carbons (Fsp3) is 0.231. The number of aromatic nitrogens is 3. The van der Waals surface area contributed by atoms with Gasteiger partial charge in [0.05, 0.1) is 12.1 Å². The molecule has 0 aliphatic heterocycles. The summed E-state index contributed by atoms with van der Waals surface area (Å²) in [7, 11) is 0. The van der Waals surface area contributed by atoms with Crippen LogP contribution in [0.25, 0.3) is 22.6 Å². The highest BCUT2D eigenvalue weighted by atomic mass is 16.4. The van der Waals surface area contributed by atoms with Crippen LogP contribution in [-0.2, 0) is 24.2 Å². The maximum atomic E-state index is 11.2. The molecule has 0 spiro atoms. The summed E-state index contributed by atoms with van der Waals surface area (Å²) in [6.45, 7) is 4.64. The van der Waals surface area contributed by atoms with Gasteiger partial charge in [-0.3, -0.25) is 4.79 Å². The number of carboxylic acid groups (broad SMARTS) is 1. The highest BCUT2D eigenvalue weighted by Crippen LogP contribution is 2.30. The number of nitrogens with zero attached hydrogens (tertiary/aromatic N) is 3. The molecular weight excluding hydrogens is 400 g/mol. The Morgan fingerprint density at radius 1 is 1.09 bits per heavy atom. The first-order valence-electron chi connectivity index (χ1n) is 10.9. The van der Waals surface area contributed by atoms with E-state index in [0.717, 1.165) is 51.7 Å². The van der Waals surface area contributed by atoms with E-state index in [0.29, 0.717) is 13.0 Å². The van der Waals surface area contributed by atoms with E-state index in [1.165, 1.54) is 0 Å². The van der Waals surface area contributed by atoms with Gasteiger partial charge < -0.3 is 20.0 Å². The van der Waals surface area contributed by atoms with Crippen molar-refractivity contribution in [1.29, 1.82) is 0 Å². The van der Waals surface area contributed by atoms with E-state index in [1.54, 1.807) is 0 Å². The fourth-order valence-corrected chi connectivity index (χ4v) is 4.14. The molecule has 32 heavy (non-hydrogen) atoms. The average molecular weight is 429 g/mol. The quantitative estimate of drug-likeness (QED) is 0.427. The lowest BCUT2D eigenvalue weighted by Crippen LogP contribution is -2.07. The summed E-state index contributed by atoms with van der Waals surface area (Å²) in [6.07, 6.45) is 5.20. The Balaban J connectivity index is 1.78. The third-order valence-electron chi connectivity index (χ3n) is 5.77. The van der Waals surface area contributed by atoms with Crippen LogP contribution in [0.3, 0.4) is 0 Å². The second kappa shape index (κ2) is 9.24. The summed E-state index contributed by atoms with van der Waals surface area (Å²) >= 11 is 0. The molecule has 0 saturated carbocycles. The molecule has 0 bridgehead atoms. The molecule has 2 aromatic carbocycles. The Hall–Kier alpha value is -3.64. The lowest BCUT2D eigenvalue weighted by atomic mass is 10.1. The van der Waals surface area contributed by atoms with Gasteiger partial charge in [-0.15, -0.1) is 0 Å². The van der Waals surface area contributed by atoms with Gasteiger partial charge in [-0.2, -0.15) is 0 Å². The number of carbonyl (C=O) groups is 1.